The van der Waals surface area contributed by atoms with Crippen LogP contribution in [0.4, 0.5) is 11.4 Å². The average molecular weight is 325 g/mol. The van der Waals surface area contributed by atoms with Crippen molar-refractivity contribution < 1.29 is 9.53 Å². The number of rotatable bonds is 5. The first-order valence-corrected chi connectivity index (χ1v) is 8.52. The number of pyridine rings is 1. The first kappa shape index (κ1) is 16.3. The van der Waals surface area contributed by atoms with Gasteiger partial charge in [0.1, 0.15) is 11.4 Å². The standard InChI is InChI=1S/C19H23N3O2/c1-2-24-18-9-5-4-8-16(18)21-19(23)17-11-10-15(14-20-17)22-12-6-3-7-13-22/h4-5,8-11,14H,2-3,6-7,12-13H2,1H3,(H,21,23). The van der Waals surface area contributed by atoms with E-state index in [1.807, 2.05) is 37.3 Å². The Labute approximate surface area is 142 Å². The summed E-state index contributed by atoms with van der Waals surface area (Å²) in [5, 5.41) is 2.87. The SMILES string of the molecule is CCOc1ccccc1NC(=O)c1ccc(N2CCCCC2)cn1. The van der Waals surface area contributed by atoms with E-state index in [-0.39, 0.29) is 5.91 Å². The van der Waals surface area contributed by atoms with Gasteiger partial charge in [-0.2, -0.15) is 0 Å². The van der Waals surface area contributed by atoms with E-state index >= 15 is 0 Å². The summed E-state index contributed by atoms with van der Waals surface area (Å²) >= 11 is 0. The molecule has 2 aromatic rings. The Morgan fingerprint density at radius 1 is 1.17 bits per heavy atom. The molecule has 1 N–H and O–H groups in total. The molecule has 1 saturated heterocycles. The third-order valence-electron chi connectivity index (χ3n) is 4.14. The van der Waals surface area contributed by atoms with Gasteiger partial charge in [0, 0.05) is 13.1 Å². The maximum absolute atomic E-state index is 12.4. The molecule has 5 nitrogen and oxygen atoms in total. The van der Waals surface area contributed by atoms with E-state index in [0.29, 0.717) is 23.7 Å². The molecule has 1 aromatic carbocycles. The highest BCUT2D eigenvalue weighted by atomic mass is 16.5. The van der Waals surface area contributed by atoms with Crippen molar-refractivity contribution in [3.63, 3.8) is 0 Å². The lowest BCUT2D eigenvalue weighted by Gasteiger charge is -2.28. The van der Waals surface area contributed by atoms with Crippen LogP contribution >= 0.6 is 0 Å². The van der Waals surface area contributed by atoms with Gasteiger partial charge in [-0.1, -0.05) is 12.1 Å². The second-order valence-corrected chi connectivity index (χ2v) is 5.83. The van der Waals surface area contributed by atoms with E-state index in [1.54, 1.807) is 12.3 Å². The Bertz CT molecular complexity index is 679. The van der Waals surface area contributed by atoms with Crippen molar-refractivity contribution >= 4 is 17.3 Å². The largest absolute Gasteiger partial charge is 0.492 e. The Kier molecular flexibility index (Phi) is 5.31. The number of para-hydroxylation sites is 2. The van der Waals surface area contributed by atoms with Crippen molar-refractivity contribution in [3.05, 3.63) is 48.3 Å². The van der Waals surface area contributed by atoms with E-state index < -0.39 is 0 Å². The van der Waals surface area contributed by atoms with Crippen molar-refractivity contribution in [1.82, 2.24) is 4.98 Å². The minimum Gasteiger partial charge on any atom is -0.492 e. The van der Waals surface area contributed by atoms with Gasteiger partial charge in [-0.05, 0) is 50.5 Å². The summed E-state index contributed by atoms with van der Waals surface area (Å²) < 4.78 is 5.53. The summed E-state index contributed by atoms with van der Waals surface area (Å²) in [4.78, 5) is 19.1. The Morgan fingerprint density at radius 3 is 2.67 bits per heavy atom. The molecule has 0 saturated carbocycles. The summed E-state index contributed by atoms with van der Waals surface area (Å²) in [6.45, 7) is 4.60. The molecule has 0 radical (unpaired) electrons. The van der Waals surface area contributed by atoms with Gasteiger partial charge in [0.05, 0.1) is 24.2 Å². The molecule has 0 bridgehead atoms. The molecule has 1 aromatic heterocycles. The van der Waals surface area contributed by atoms with Crippen molar-refractivity contribution in [1.29, 1.82) is 0 Å². The van der Waals surface area contributed by atoms with Gasteiger partial charge in [-0.15, -0.1) is 0 Å². The van der Waals surface area contributed by atoms with Crippen LogP contribution in [0.25, 0.3) is 0 Å². The number of piperidine rings is 1. The molecule has 0 atom stereocenters. The number of nitrogens with zero attached hydrogens (tertiary/aromatic N) is 2. The first-order valence-electron chi connectivity index (χ1n) is 8.52. The molecule has 0 spiro atoms. The topological polar surface area (TPSA) is 54.5 Å². The zero-order valence-corrected chi connectivity index (χ0v) is 14.0. The van der Waals surface area contributed by atoms with Gasteiger partial charge < -0.3 is 15.0 Å². The predicted octanol–water partition coefficient (Wildman–Crippen LogP) is 3.72. The first-order chi connectivity index (χ1) is 11.8. The number of hydrogen-bond acceptors (Lipinski definition) is 4. The molecule has 1 aliphatic rings. The number of carbonyl (C=O) groups is 1. The molecule has 0 aliphatic carbocycles. The summed E-state index contributed by atoms with van der Waals surface area (Å²) in [5.41, 5.74) is 2.15. The number of ether oxygens (including phenoxy) is 1. The quantitative estimate of drug-likeness (QED) is 0.910. The zero-order chi connectivity index (χ0) is 16.8. The van der Waals surface area contributed by atoms with E-state index in [9.17, 15) is 4.79 Å². The fraction of sp³-hybridized carbons (Fsp3) is 0.368. The number of amides is 1. The van der Waals surface area contributed by atoms with Gasteiger partial charge in [-0.25, -0.2) is 4.98 Å². The van der Waals surface area contributed by atoms with E-state index in [0.717, 1.165) is 18.8 Å². The van der Waals surface area contributed by atoms with Crippen LogP contribution in [-0.4, -0.2) is 30.6 Å². The van der Waals surface area contributed by atoms with Crippen LogP contribution in [0.5, 0.6) is 5.75 Å². The van der Waals surface area contributed by atoms with Crippen LogP contribution in [0.1, 0.15) is 36.7 Å². The van der Waals surface area contributed by atoms with Crippen molar-refractivity contribution in [2.75, 3.05) is 29.9 Å². The molecule has 5 heteroatoms. The Morgan fingerprint density at radius 2 is 1.96 bits per heavy atom. The van der Waals surface area contributed by atoms with E-state index in [4.69, 9.17) is 4.74 Å². The second-order valence-electron chi connectivity index (χ2n) is 5.83. The highest BCUT2D eigenvalue weighted by molar-refractivity contribution is 6.03. The molecular formula is C19H23N3O2. The van der Waals surface area contributed by atoms with Crippen molar-refractivity contribution in [2.45, 2.75) is 26.2 Å². The van der Waals surface area contributed by atoms with Crippen molar-refractivity contribution in [2.24, 2.45) is 0 Å². The number of benzene rings is 1. The molecule has 1 amide bonds. The van der Waals surface area contributed by atoms with E-state index in [1.165, 1.54) is 19.3 Å². The zero-order valence-electron chi connectivity index (χ0n) is 14.0. The monoisotopic (exact) mass is 325 g/mol. The number of hydrogen-bond donors (Lipinski definition) is 1. The van der Waals surface area contributed by atoms with Crippen LogP contribution in [0.15, 0.2) is 42.6 Å². The van der Waals surface area contributed by atoms with Gasteiger partial charge >= 0.3 is 0 Å². The molecule has 126 valence electrons. The molecule has 1 aliphatic heterocycles. The summed E-state index contributed by atoms with van der Waals surface area (Å²) in [7, 11) is 0. The Balaban J connectivity index is 1.69. The number of carbonyl (C=O) groups excluding carboxylic acids is 1. The molecule has 3 rings (SSSR count). The third-order valence-corrected chi connectivity index (χ3v) is 4.14. The molecular weight excluding hydrogens is 302 g/mol. The highest BCUT2D eigenvalue weighted by Crippen LogP contribution is 2.24. The van der Waals surface area contributed by atoms with Crippen LogP contribution in [0.2, 0.25) is 0 Å². The fourth-order valence-electron chi connectivity index (χ4n) is 2.90. The lowest BCUT2D eigenvalue weighted by Crippen LogP contribution is -2.29. The molecule has 2 heterocycles. The maximum atomic E-state index is 12.4. The third kappa shape index (κ3) is 3.85. The second kappa shape index (κ2) is 7.81. The van der Waals surface area contributed by atoms with Crippen molar-refractivity contribution in [3.8, 4) is 5.75 Å². The summed E-state index contributed by atoms with van der Waals surface area (Å²) in [5.74, 6) is 0.436. The fourth-order valence-corrected chi connectivity index (χ4v) is 2.90. The van der Waals surface area contributed by atoms with Crippen LogP contribution < -0.4 is 15.0 Å². The van der Waals surface area contributed by atoms with Gasteiger partial charge in [0.25, 0.3) is 5.91 Å². The number of anilines is 2. The lowest BCUT2D eigenvalue weighted by atomic mass is 10.1. The molecule has 24 heavy (non-hydrogen) atoms. The predicted molar refractivity (Wildman–Crippen MR) is 95.9 cm³/mol. The summed E-state index contributed by atoms with van der Waals surface area (Å²) in [6.07, 6.45) is 5.52. The Hall–Kier alpha value is -2.56. The molecule has 1 fully saturated rings. The van der Waals surface area contributed by atoms with Gasteiger partial charge in [-0.3, -0.25) is 4.79 Å². The van der Waals surface area contributed by atoms with Gasteiger partial charge in [0.2, 0.25) is 0 Å². The van der Waals surface area contributed by atoms with Crippen LogP contribution in [0, 0.1) is 0 Å². The minimum absolute atomic E-state index is 0.229. The van der Waals surface area contributed by atoms with E-state index in [2.05, 4.69) is 15.2 Å². The maximum Gasteiger partial charge on any atom is 0.274 e. The lowest BCUT2D eigenvalue weighted by molar-refractivity contribution is 0.102. The van der Waals surface area contributed by atoms with Crippen LogP contribution in [0.3, 0.4) is 0 Å². The minimum atomic E-state index is -0.229. The number of aromatic nitrogens is 1. The summed E-state index contributed by atoms with van der Waals surface area (Å²) in [6, 6.07) is 11.2. The van der Waals surface area contributed by atoms with Crippen LogP contribution in [-0.2, 0) is 0 Å². The molecule has 0 unspecified atom stereocenters. The highest BCUT2D eigenvalue weighted by Gasteiger charge is 2.14. The number of nitrogens with one attached hydrogen (secondary N) is 1. The smallest absolute Gasteiger partial charge is 0.274 e. The average Bonchev–Trinajstić information content (AvgIpc) is 2.64. The normalized spacial score (nSPS) is 14.3. The van der Waals surface area contributed by atoms with Gasteiger partial charge in [0.15, 0.2) is 0 Å².